The Morgan fingerprint density at radius 1 is 1.44 bits per heavy atom. The molecule has 0 radical (unpaired) electrons. The summed E-state index contributed by atoms with van der Waals surface area (Å²) in [6.07, 6.45) is 7.00. The quantitative estimate of drug-likeness (QED) is 0.853. The summed E-state index contributed by atoms with van der Waals surface area (Å²) >= 11 is 0. The number of aromatic nitrogens is 1. The minimum atomic E-state index is -0.0353. The molecule has 4 heteroatoms. The SMILES string of the molecule is Nc1cc(C(=O)NCC2CC3CCC2C3)ccn1. The summed E-state index contributed by atoms with van der Waals surface area (Å²) in [6.45, 7) is 0.808. The van der Waals surface area contributed by atoms with E-state index in [0.717, 1.165) is 18.4 Å². The molecule has 3 rings (SSSR count). The van der Waals surface area contributed by atoms with Gasteiger partial charge in [-0.05, 0) is 49.1 Å². The van der Waals surface area contributed by atoms with E-state index >= 15 is 0 Å². The third-order valence-electron chi connectivity index (χ3n) is 4.45. The minimum Gasteiger partial charge on any atom is -0.384 e. The number of nitrogens with two attached hydrogens (primary N) is 1. The third-order valence-corrected chi connectivity index (χ3v) is 4.45. The second-order valence-corrected chi connectivity index (χ2v) is 5.61. The molecule has 2 aliphatic rings. The topological polar surface area (TPSA) is 68.0 Å². The summed E-state index contributed by atoms with van der Waals surface area (Å²) in [4.78, 5) is 15.9. The molecule has 4 nitrogen and oxygen atoms in total. The molecule has 0 aromatic carbocycles. The standard InChI is InChI=1S/C14H19N3O/c15-13-7-11(3-4-16-13)14(18)17-8-12-6-9-1-2-10(12)5-9/h3-4,7,9-10,12H,1-2,5-6,8H2,(H2,15,16)(H,17,18). The highest BCUT2D eigenvalue weighted by molar-refractivity contribution is 5.94. The number of nitrogen functional groups attached to an aromatic ring is 1. The van der Waals surface area contributed by atoms with E-state index < -0.39 is 0 Å². The zero-order valence-corrected chi connectivity index (χ0v) is 10.4. The summed E-state index contributed by atoms with van der Waals surface area (Å²) in [6, 6.07) is 3.32. The van der Waals surface area contributed by atoms with Gasteiger partial charge < -0.3 is 11.1 Å². The summed E-state index contributed by atoms with van der Waals surface area (Å²) in [7, 11) is 0. The van der Waals surface area contributed by atoms with Gasteiger partial charge in [-0.25, -0.2) is 4.98 Å². The molecule has 0 aliphatic heterocycles. The van der Waals surface area contributed by atoms with Crippen molar-refractivity contribution < 1.29 is 4.79 Å². The van der Waals surface area contributed by atoms with Crippen LogP contribution >= 0.6 is 0 Å². The number of anilines is 1. The van der Waals surface area contributed by atoms with Crippen molar-refractivity contribution >= 4 is 11.7 Å². The first-order valence-corrected chi connectivity index (χ1v) is 6.72. The zero-order chi connectivity index (χ0) is 12.5. The van der Waals surface area contributed by atoms with Crippen molar-refractivity contribution in [1.29, 1.82) is 0 Å². The van der Waals surface area contributed by atoms with Crippen molar-refractivity contribution in [2.24, 2.45) is 17.8 Å². The van der Waals surface area contributed by atoms with Crippen LogP contribution in [-0.2, 0) is 0 Å². The van der Waals surface area contributed by atoms with Crippen molar-refractivity contribution in [3.63, 3.8) is 0 Å². The van der Waals surface area contributed by atoms with Crippen LogP contribution in [0.4, 0.5) is 5.82 Å². The summed E-state index contributed by atoms with van der Waals surface area (Å²) in [5, 5.41) is 3.03. The van der Waals surface area contributed by atoms with Crippen LogP contribution in [0.25, 0.3) is 0 Å². The first-order valence-electron chi connectivity index (χ1n) is 6.72. The van der Waals surface area contributed by atoms with Crippen molar-refractivity contribution in [2.75, 3.05) is 12.3 Å². The van der Waals surface area contributed by atoms with Gasteiger partial charge in [-0.1, -0.05) is 6.42 Å². The van der Waals surface area contributed by atoms with Gasteiger partial charge in [0.2, 0.25) is 0 Å². The molecular weight excluding hydrogens is 226 g/mol. The fourth-order valence-corrected chi connectivity index (χ4v) is 3.54. The summed E-state index contributed by atoms with van der Waals surface area (Å²) < 4.78 is 0. The van der Waals surface area contributed by atoms with Gasteiger partial charge >= 0.3 is 0 Å². The predicted molar refractivity (Wildman–Crippen MR) is 69.9 cm³/mol. The molecular formula is C14H19N3O. The van der Waals surface area contributed by atoms with E-state index in [2.05, 4.69) is 10.3 Å². The monoisotopic (exact) mass is 245 g/mol. The van der Waals surface area contributed by atoms with Gasteiger partial charge in [-0.3, -0.25) is 4.79 Å². The lowest BCUT2D eigenvalue weighted by atomic mass is 9.89. The Balaban J connectivity index is 1.56. The molecule has 96 valence electrons. The minimum absolute atomic E-state index is 0.0353. The van der Waals surface area contributed by atoms with Gasteiger partial charge in [0, 0.05) is 18.3 Å². The molecule has 2 fully saturated rings. The average molecular weight is 245 g/mol. The molecule has 18 heavy (non-hydrogen) atoms. The number of hydrogen-bond donors (Lipinski definition) is 2. The fraction of sp³-hybridized carbons (Fsp3) is 0.571. The lowest BCUT2D eigenvalue weighted by Gasteiger charge is -2.21. The molecule has 3 atom stereocenters. The Morgan fingerprint density at radius 3 is 3.00 bits per heavy atom. The molecule has 0 saturated heterocycles. The Kier molecular flexibility index (Phi) is 2.94. The van der Waals surface area contributed by atoms with Gasteiger partial charge in [0.05, 0.1) is 0 Å². The molecule has 3 N–H and O–H groups in total. The largest absolute Gasteiger partial charge is 0.384 e. The predicted octanol–water partition coefficient (Wildman–Crippen LogP) is 1.83. The Labute approximate surface area is 107 Å². The number of rotatable bonds is 3. The number of nitrogens with one attached hydrogen (secondary N) is 1. The molecule has 0 spiro atoms. The van der Waals surface area contributed by atoms with Crippen molar-refractivity contribution in [1.82, 2.24) is 10.3 Å². The molecule has 1 amide bonds. The Hall–Kier alpha value is -1.58. The van der Waals surface area contributed by atoms with Crippen molar-refractivity contribution in [2.45, 2.75) is 25.7 Å². The summed E-state index contributed by atoms with van der Waals surface area (Å²) in [5.41, 5.74) is 6.18. The number of carbonyl (C=O) groups excluding carboxylic acids is 1. The van der Waals surface area contributed by atoms with Gasteiger partial charge in [0.1, 0.15) is 5.82 Å². The van der Waals surface area contributed by atoms with Crippen LogP contribution in [0.15, 0.2) is 18.3 Å². The zero-order valence-electron chi connectivity index (χ0n) is 10.4. The maximum atomic E-state index is 12.0. The van der Waals surface area contributed by atoms with Crippen LogP contribution < -0.4 is 11.1 Å². The number of hydrogen-bond acceptors (Lipinski definition) is 3. The molecule has 1 aromatic rings. The second-order valence-electron chi connectivity index (χ2n) is 5.61. The average Bonchev–Trinajstić information content (AvgIpc) is 2.98. The fourth-order valence-electron chi connectivity index (χ4n) is 3.54. The molecule has 2 aliphatic carbocycles. The number of carbonyl (C=O) groups is 1. The number of pyridine rings is 1. The number of amides is 1. The summed E-state index contributed by atoms with van der Waals surface area (Å²) in [5.74, 6) is 2.81. The Morgan fingerprint density at radius 2 is 2.33 bits per heavy atom. The van der Waals surface area contributed by atoms with E-state index in [4.69, 9.17) is 5.73 Å². The van der Waals surface area contributed by atoms with Gasteiger partial charge in [-0.15, -0.1) is 0 Å². The van der Waals surface area contributed by atoms with Crippen LogP contribution in [-0.4, -0.2) is 17.4 Å². The van der Waals surface area contributed by atoms with E-state index in [-0.39, 0.29) is 5.91 Å². The smallest absolute Gasteiger partial charge is 0.251 e. The lowest BCUT2D eigenvalue weighted by Crippen LogP contribution is -2.31. The number of nitrogens with zero attached hydrogens (tertiary/aromatic N) is 1. The number of fused-ring (bicyclic) bond motifs is 2. The van der Waals surface area contributed by atoms with Crippen LogP contribution in [0.5, 0.6) is 0 Å². The Bertz CT molecular complexity index is 460. The molecule has 2 bridgehead atoms. The van der Waals surface area contributed by atoms with Crippen molar-refractivity contribution in [3.05, 3.63) is 23.9 Å². The van der Waals surface area contributed by atoms with Gasteiger partial charge in [-0.2, -0.15) is 0 Å². The van der Waals surface area contributed by atoms with E-state index in [1.165, 1.54) is 25.7 Å². The van der Waals surface area contributed by atoms with Crippen LogP contribution in [0, 0.1) is 17.8 Å². The van der Waals surface area contributed by atoms with E-state index in [9.17, 15) is 4.79 Å². The van der Waals surface area contributed by atoms with E-state index in [1.54, 1.807) is 18.3 Å². The van der Waals surface area contributed by atoms with E-state index in [1.807, 2.05) is 0 Å². The maximum Gasteiger partial charge on any atom is 0.251 e. The van der Waals surface area contributed by atoms with Crippen molar-refractivity contribution in [3.8, 4) is 0 Å². The first kappa shape index (κ1) is 11.5. The van der Waals surface area contributed by atoms with Gasteiger partial charge in [0.15, 0.2) is 0 Å². The van der Waals surface area contributed by atoms with E-state index in [0.29, 0.717) is 17.3 Å². The van der Waals surface area contributed by atoms with Gasteiger partial charge in [0.25, 0.3) is 5.91 Å². The maximum absolute atomic E-state index is 12.0. The van der Waals surface area contributed by atoms with Crippen LogP contribution in [0.3, 0.4) is 0 Å². The molecule has 2 saturated carbocycles. The molecule has 1 aromatic heterocycles. The highest BCUT2D eigenvalue weighted by Gasteiger charge is 2.39. The second kappa shape index (κ2) is 4.59. The van der Waals surface area contributed by atoms with Crippen LogP contribution in [0.2, 0.25) is 0 Å². The highest BCUT2D eigenvalue weighted by Crippen LogP contribution is 2.47. The first-order chi connectivity index (χ1) is 8.72. The molecule has 3 unspecified atom stereocenters. The van der Waals surface area contributed by atoms with Crippen LogP contribution in [0.1, 0.15) is 36.0 Å². The lowest BCUT2D eigenvalue weighted by molar-refractivity contribution is 0.0941. The third kappa shape index (κ3) is 2.19. The molecule has 1 heterocycles. The highest BCUT2D eigenvalue weighted by atomic mass is 16.1. The normalized spacial score (nSPS) is 29.4.